The van der Waals surface area contributed by atoms with Crippen molar-refractivity contribution in [2.45, 2.75) is 13.5 Å². The number of para-hydroxylation sites is 1. The molecule has 0 spiro atoms. The van der Waals surface area contributed by atoms with Crippen LogP contribution in [0.4, 0.5) is 10.1 Å². The standard InChI is InChI=1S/C20H18Cl2FN5O/c1-13-16(20(22)28(27-13)12-14-6-8-15(21)9-7-14)10-25-26-19(29)11-24-18-5-3-2-4-17(18)23/h2-10,24H,11-12H2,1H3,(H,26,29)/b25-10+. The highest BCUT2D eigenvalue weighted by Gasteiger charge is 2.12. The zero-order valence-electron chi connectivity index (χ0n) is 15.5. The average molecular weight is 434 g/mol. The summed E-state index contributed by atoms with van der Waals surface area (Å²) in [5.74, 6) is -0.855. The van der Waals surface area contributed by atoms with Crippen LogP contribution in [-0.4, -0.2) is 28.4 Å². The van der Waals surface area contributed by atoms with Crippen molar-refractivity contribution in [2.24, 2.45) is 5.10 Å². The van der Waals surface area contributed by atoms with Crippen LogP contribution < -0.4 is 10.7 Å². The Morgan fingerprint density at radius 1 is 1.21 bits per heavy atom. The molecule has 1 heterocycles. The van der Waals surface area contributed by atoms with Gasteiger partial charge in [0.05, 0.1) is 36.2 Å². The average Bonchev–Trinajstić information content (AvgIpc) is 2.96. The number of hydrogen-bond donors (Lipinski definition) is 2. The highest BCUT2D eigenvalue weighted by molar-refractivity contribution is 6.32. The SMILES string of the molecule is Cc1nn(Cc2ccc(Cl)cc2)c(Cl)c1/C=N/NC(=O)CNc1ccccc1F. The lowest BCUT2D eigenvalue weighted by molar-refractivity contribution is -0.119. The van der Waals surface area contributed by atoms with Crippen molar-refractivity contribution < 1.29 is 9.18 Å². The molecule has 6 nitrogen and oxygen atoms in total. The fraction of sp³-hybridized carbons (Fsp3) is 0.150. The van der Waals surface area contributed by atoms with E-state index in [1.165, 1.54) is 12.3 Å². The predicted molar refractivity (Wildman–Crippen MR) is 113 cm³/mol. The summed E-state index contributed by atoms with van der Waals surface area (Å²) in [5, 5.41) is 12.1. The summed E-state index contributed by atoms with van der Waals surface area (Å²) in [6.45, 7) is 2.15. The van der Waals surface area contributed by atoms with Crippen LogP contribution in [0.15, 0.2) is 53.6 Å². The maximum Gasteiger partial charge on any atom is 0.259 e. The molecule has 1 amide bonds. The Kier molecular flexibility index (Phi) is 6.85. The fourth-order valence-electron chi connectivity index (χ4n) is 2.57. The maximum atomic E-state index is 13.5. The summed E-state index contributed by atoms with van der Waals surface area (Å²) in [6, 6.07) is 13.5. The van der Waals surface area contributed by atoms with E-state index in [9.17, 15) is 9.18 Å². The van der Waals surface area contributed by atoms with Crippen LogP contribution in [0, 0.1) is 12.7 Å². The molecule has 150 valence electrons. The van der Waals surface area contributed by atoms with E-state index in [1.807, 2.05) is 12.1 Å². The van der Waals surface area contributed by atoms with E-state index in [0.717, 1.165) is 5.56 Å². The van der Waals surface area contributed by atoms with Crippen LogP contribution in [0.1, 0.15) is 16.8 Å². The van der Waals surface area contributed by atoms with E-state index in [2.05, 4.69) is 20.9 Å². The molecular formula is C20H18Cl2FN5O. The molecule has 0 radical (unpaired) electrons. The number of amides is 1. The van der Waals surface area contributed by atoms with E-state index in [-0.39, 0.29) is 12.2 Å². The maximum absolute atomic E-state index is 13.5. The number of rotatable bonds is 7. The van der Waals surface area contributed by atoms with Gasteiger partial charge in [-0.2, -0.15) is 10.2 Å². The number of aryl methyl sites for hydroxylation is 1. The molecular weight excluding hydrogens is 416 g/mol. The molecule has 0 aliphatic carbocycles. The minimum Gasteiger partial charge on any atom is -0.374 e. The molecule has 9 heteroatoms. The van der Waals surface area contributed by atoms with Gasteiger partial charge in [-0.1, -0.05) is 47.5 Å². The summed E-state index contributed by atoms with van der Waals surface area (Å²) in [7, 11) is 0. The Labute approximate surface area is 177 Å². The number of anilines is 1. The molecule has 0 aliphatic heterocycles. The van der Waals surface area contributed by atoms with E-state index >= 15 is 0 Å². The first kappa shape index (κ1) is 20.8. The van der Waals surface area contributed by atoms with Crippen molar-refractivity contribution in [2.75, 3.05) is 11.9 Å². The molecule has 3 rings (SSSR count). The first-order valence-electron chi connectivity index (χ1n) is 8.71. The van der Waals surface area contributed by atoms with Crippen molar-refractivity contribution in [3.63, 3.8) is 0 Å². The van der Waals surface area contributed by atoms with Gasteiger partial charge in [0.15, 0.2) is 0 Å². The summed E-state index contributed by atoms with van der Waals surface area (Å²) in [5.41, 5.74) is 4.89. The van der Waals surface area contributed by atoms with Crippen LogP contribution in [0.5, 0.6) is 0 Å². The molecule has 2 N–H and O–H groups in total. The fourth-order valence-corrected chi connectivity index (χ4v) is 2.98. The lowest BCUT2D eigenvalue weighted by Crippen LogP contribution is -2.26. The number of nitrogens with zero attached hydrogens (tertiary/aromatic N) is 3. The van der Waals surface area contributed by atoms with Gasteiger partial charge in [-0.3, -0.25) is 4.79 Å². The third-order valence-corrected chi connectivity index (χ3v) is 4.70. The Morgan fingerprint density at radius 2 is 1.93 bits per heavy atom. The van der Waals surface area contributed by atoms with Gasteiger partial charge in [-0.25, -0.2) is 14.5 Å². The zero-order valence-corrected chi connectivity index (χ0v) is 17.0. The Morgan fingerprint density at radius 3 is 2.66 bits per heavy atom. The second-order valence-corrected chi connectivity index (χ2v) is 7.00. The number of hydrogen-bond acceptors (Lipinski definition) is 4. The summed E-state index contributed by atoms with van der Waals surface area (Å²) in [4.78, 5) is 11.9. The first-order chi connectivity index (χ1) is 13.9. The predicted octanol–water partition coefficient (Wildman–Crippen LogP) is 4.25. The number of nitrogens with one attached hydrogen (secondary N) is 2. The monoisotopic (exact) mass is 433 g/mol. The van der Waals surface area contributed by atoms with Crippen LogP contribution in [0.25, 0.3) is 0 Å². The van der Waals surface area contributed by atoms with E-state index < -0.39 is 11.7 Å². The molecule has 3 aromatic rings. The minimum absolute atomic E-state index is 0.124. The molecule has 0 unspecified atom stereocenters. The molecule has 0 atom stereocenters. The number of aromatic nitrogens is 2. The van der Waals surface area contributed by atoms with Crippen molar-refractivity contribution in [3.05, 3.63) is 81.3 Å². The van der Waals surface area contributed by atoms with Crippen molar-refractivity contribution >= 4 is 41.0 Å². The van der Waals surface area contributed by atoms with E-state index in [4.69, 9.17) is 23.2 Å². The van der Waals surface area contributed by atoms with Crippen LogP contribution in [-0.2, 0) is 11.3 Å². The smallest absolute Gasteiger partial charge is 0.259 e. The third-order valence-electron chi connectivity index (χ3n) is 4.05. The molecule has 0 fully saturated rings. The molecule has 0 saturated carbocycles. The summed E-state index contributed by atoms with van der Waals surface area (Å²) in [6.07, 6.45) is 1.43. The van der Waals surface area contributed by atoms with Gasteiger partial charge in [-0.15, -0.1) is 0 Å². The lowest BCUT2D eigenvalue weighted by Gasteiger charge is -2.05. The number of carbonyl (C=O) groups excluding carboxylic acids is 1. The van der Waals surface area contributed by atoms with Gasteiger partial charge >= 0.3 is 0 Å². The second kappa shape index (κ2) is 9.54. The molecule has 0 saturated heterocycles. The Balaban J connectivity index is 1.58. The van der Waals surface area contributed by atoms with Crippen LogP contribution in [0.3, 0.4) is 0 Å². The zero-order chi connectivity index (χ0) is 20.8. The van der Waals surface area contributed by atoms with Gasteiger partial charge in [0.1, 0.15) is 11.0 Å². The topological polar surface area (TPSA) is 71.3 Å². The quantitative estimate of drug-likeness (QED) is 0.432. The largest absolute Gasteiger partial charge is 0.374 e. The summed E-state index contributed by atoms with van der Waals surface area (Å²) < 4.78 is 15.2. The molecule has 1 aromatic heterocycles. The molecule has 29 heavy (non-hydrogen) atoms. The number of halogens is 3. The van der Waals surface area contributed by atoms with Gasteiger partial charge in [0.2, 0.25) is 0 Å². The van der Waals surface area contributed by atoms with Gasteiger partial charge in [0, 0.05) is 5.02 Å². The highest BCUT2D eigenvalue weighted by Crippen LogP contribution is 2.20. The van der Waals surface area contributed by atoms with Crippen molar-refractivity contribution in [1.29, 1.82) is 0 Å². The Hall–Kier alpha value is -2.90. The molecule has 2 aromatic carbocycles. The van der Waals surface area contributed by atoms with Crippen LogP contribution in [0.2, 0.25) is 10.2 Å². The second-order valence-electron chi connectivity index (χ2n) is 6.20. The highest BCUT2D eigenvalue weighted by atomic mass is 35.5. The number of benzene rings is 2. The van der Waals surface area contributed by atoms with Gasteiger partial charge in [-0.05, 0) is 36.8 Å². The molecule has 0 aliphatic rings. The minimum atomic E-state index is -0.431. The number of carbonyl (C=O) groups is 1. The number of hydrazone groups is 1. The summed E-state index contributed by atoms with van der Waals surface area (Å²) >= 11 is 12.3. The van der Waals surface area contributed by atoms with Crippen molar-refractivity contribution in [1.82, 2.24) is 15.2 Å². The van der Waals surface area contributed by atoms with E-state index in [0.29, 0.717) is 28.0 Å². The molecule has 0 bridgehead atoms. The first-order valence-corrected chi connectivity index (χ1v) is 9.47. The van der Waals surface area contributed by atoms with Crippen LogP contribution >= 0.6 is 23.2 Å². The van der Waals surface area contributed by atoms with Gasteiger partial charge in [0.25, 0.3) is 5.91 Å². The third kappa shape index (κ3) is 5.56. The lowest BCUT2D eigenvalue weighted by atomic mass is 10.2. The Bertz CT molecular complexity index is 1030. The normalized spacial score (nSPS) is 11.0. The van der Waals surface area contributed by atoms with E-state index in [1.54, 1.807) is 41.9 Å². The van der Waals surface area contributed by atoms with Crippen molar-refractivity contribution in [3.8, 4) is 0 Å². The van der Waals surface area contributed by atoms with Gasteiger partial charge < -0.3 is 5.32 Å².